The van der Waals surface area contributed by atoms with Crippen LogP contribution in [0.25, 0.3) is 0 Å². The quantitative estimate of drug-likeness (QED) is 0.790. The van der Waals surface area contributed by atoms with Crippen LogP contribution in [-0.4, -0.2) is 22.9 Å². The third-order valence-corrected chi connectivity index (χ3v) is 3.08. The summed E-state index contributed by atoms with van der Waals surface area (Å²) in [5, 5.41) is 21.7. The van der Waals surface area contributed by atoms with Gasteiger partial charge in [0.1, 0.15) is 5.75 Å². The monoisotopic (exact) mass is 337 g/mol. The molecule has 0 fully saturated rings. The first kappa shape index (κ1) is 13.0. The minimum Gasteiger partial charge on any atom is -0.506 e. The second kappa shape index (κ2) is 5.84. The van der Waals surface area contributed by atoms with Crippen LogP contribution in [-0.2, 0) is 6.54 Å². The first-order chi connectivity index (χ1) is 7.04. The van der Waals surface area contributed by atoms with E-state index in [2.05, 4.69) is 37.2 Å². The molecule has 0 aliphatic rings. The van der Waals surface area contributed by atoms with Gasteiger partial charge in [-0.05, 0) is 35.0 Å². The summed E-state index contributed by atoms with van der Waals surface area (Å²) in [4.78, 5) is 0. The van der Waals surface area contributed by atoms with Crippen LogP contribution in [0.5, 0.6) is 5.75 Å². The molecule has 0 amide bonds. The highest BCUT2D eigenvalue weighted by Gasteiger charge is 2.08. The second-order valence-corrected chi connectivity index (χ2v) is 5.13. The van der Waals surface area contributed by atoms with E-state index in [1.54, 1.807) is 6.07 Å². The zero-order valence-electron chi connectivity index (χ0n) is 8.30. The van der Waals surface area contributed by atoms with Gasteiger partial charge in [-0.15, -0.1) is 0 Å². The lowest BCUT2D eigenvalue weighted by molar-refractivity contribution is 0.250. The molecule has 15 heavy (non-hydrogen) atoms. The van der Waals surface area contributed by atoms with Gasteiger partial charge in [-0.1, -0.05) is 15.9 Å². The Labute approximate surface area is 106 Å². The predicted molar refractivity (Wildman–Crippen MR) is 66.9 cm³/mol. The maximum Gasteiger partial charge on any atom is 0.134 e. The van der Waals surface area contributed by atoms with Gasteiger partial charge in [0.05, 0.1) is 11.1 Å². The maximum atomic E-state index is 9.74. The molecule has 0 radical (unpaired) electrons. The number of aliphatic hydroxyl groups is 1. The fraction of sp³-hybridized carbons (Fsp3) is 0.400. The van der Waals surface area contributed by atoms with Crippen molar-refractivity contribution in [2.45, 2.75) is 19.5 Å². The standard InChI is InChI=1S/C10H13Br2NO2/c1-6(5-14)13-4-7-2-8(11)3-9(12)10(7)15/h2-3,6,13-15H,4-5H2,1H3/t6-/m1/s1. The Bertz CT molecular complexity index is 344. The number of hydrogen-bond donors (Lipinski definition) is 3. The third kappa shape index (κ3) is 3.75. The Kier molecular flexibility index (Phi) is 5.05. The van der Waals surface area contributed by atoms with Gasteiger partial charge in [-0.25, -0.2) is 0 Å². The van der Waals surface area contributed by atoms with Crippen LogP contribution >= 0.6 is 31.9 Å². The summed E-state index contributed by atoms with van der Waals surface area (Å²) in [6, 6.07) is 3.65. The van der Waals surface area contributed by atoms with Gasteiger partial charge in [0.25, 0.3) is 0 Å². The number of phenols is 1. The third-order valence-electron chi connectivity index (χ3n) is 2.02. The van der Waals surface area contributed by atoms with Crippen molar-refractivity contribution in [3.05, 3.63) is 26.6 Å². The Morgan fingerprint density at radius 1 is 1.40 bits per heavy atom. The molecule has 1 atom stereocenters. The van der Waals surface area contributed by atoms with E-state index in [1.165, 1.54) is 0 Å². The first-order valence-corrected chi connectivity index (χ1v) is 6.14. The topological polar surface area (TPSA) is 52.5 Å². The Morgan fingerprint density at radius 3 is 2.67 bits per heavy atom. The van der Waals surface area contributed by atoms with Crippen LogP contribution in [0.1, 0.15) is 12.5 Å². The average Bonchev–Trinajstić information content (AvgIpc) is 2.20. The molecule has 1 aromatic rings. The van der Waals surface area contributed by atoms with Crippen molar-refractivity contribution in [1.82, 2.24) is 5.32 Å². The highest BCUT2D eigenvalue weighted by Crippen LogP contribution is 2.31. The molecule has 0 unspecified atom stereocenters. The molecule has 0 saturated carbocycles. The van der Waals surface area contributed by atoms with Gasteiger partial charge in [0, 0.05) is 22.6 Å². The summed E-state index contributed by atoms with van der Waals surface area (Å²) in [5.41, 5.74) is 0.788. The van der Waals surface area contributed by atoms with Crippen LogP contribution in [0, 0.1) is 0 Å². The molecule has 0 aliphatic heterocycles. The van der Waals surface area contributed by atoms with E-state index in [1.807, 2.05) is 13.0 Å². The van der Waals surface area contributed by atoms with Crippen LogP contribution < -0.4 is 5.32 Å². The predicted octanol–water partition coefficient (Wildman–Crippen LogP) is 2.39. The molecule has 1 rings (SSSR count). The highest BCUT2D eigenvalue weighted by atomic mass is 79.9. The van der Waals surface area contributed by atoms with Crippen molar-refractivity contribution in [2.24, 2.45) is 0 Å². The van der Waals surface area contributed by atoms with E-state index in [0.29, 0.717) is 11.0 Å². The lowest BCUT2D eigenvalue weighted by atomic mass is 10.2. The van der Waals surface area contributed by atoms with E-state index in [9.17, 15) is 5.11 Å². The second-order valence-electron chi connectivity index (χ2n) is 3.36. The van der Waals surface area contributed by atoms with Crippen molar-refractivity contribution in [3.63, 3.8) is 0 Å². The first-order valence-electron chi connectivity index (χ1n) is 4.55. The molecule has 0 spiro atoms. The van der Waals surface area contributed by atoms with Gasteiger partial charge >= 0.3 is 0 Å². The molecule has 84 valence electrons. The minimum absolute atomic E-state index is 0.0159. The van der Waals surface area contributed by atoms with Gasteiger partial charge in [0.15, 0.2) is 0 Å². The Balaban J connectivity index is 2.76. The van der Waals surface area contributed by atoms with Gasteiger partial charge in [-0.2, -0.15) is 0 Å². The number of hydrogen-bond acceptors (Lipinski definition) is 3. The zero-order chi connectivity index (χ0) is 11.4. The minimum atomic E-state index is 0.0159. The molecule has 0 aromatic heterocycles. The van der Waals surface area contributed by atoms with Gasteiger partial charge < -0.3 is 15.5 Å². The highest BCUT2D eigenvalue weighted by molar-refractivity contribution is 9.11. The fourth-order valence-electron chi connectivity index (χ4n) is 1.10. The molecule has 0 heterocycles. The lowest BCUT2D eigenvalue weighted by Crippen LogP contribution is -2.28. The molecule has 5 heteroatoms. The summed E-state index contributed by atoms with van der Waals surface area (Å²) in [5.74, 6) is 0.232. The summed E-state index contributed by atoms with van der Waals surface area (Å²) in [7, 11) is 0. The molecule has 3 N–H and O–H groups in total. The molecular weight excluding hydrogens is 326 g/mol. The van der Waals surface area contributed by atoms with Crippen LogP contribution in [0.3, 0.4) is 0 Å². The van der Waals surface area contributed by atoms with Crippen molar-refractivity contribution in [1.29, 1.82) is 0 Å². The number of aromatic hydroxyl groups is 1. The number of aliphatic hydroxyl groups excluding tert-OH is 1. The van der Waals surface area contributed by atoms with Crippen molar-refractivity contribution >= 4 is 31.9 Å². The number of benzene rings is 1. The molecule has 1 aromatic carbocycles. The van der Waals surface area contributed by atoms with E-state index < -0.39 is 0 Å². The zero-order valence-corrected chi connectivity index (χ0v) is 11.5. The normalized spacial score (nSPS) is 12.8. The fourth-order valence-corrected chi connectivity index (χ4v) is 2.42. The molecular formula is C10H13Br2NO2. The van der Waals surface area contributed by atoms with Crippen molar-refractivity contribution < 1.29 is 10.2 Å². The smallest absolute Gasteiger partial charge is 0.134 e. The lowest BCUT2D eigenvalue weighted by Gasteiger charge is -2.12. The van der Waals surface area contributed by atoms with Crippen molar-refractivity contribution in [2.75, 3.05) is 6.61 Å². The van der Waals surface area contributed by atoms with Crippen molar-refractivity contribution in [3.8, 4) is 5.75 Å². The number of phenolic OH excluding ortho intramolecular Hbond substituents is 1. The maximum absolute atomic E-state index is 9.74. The van der Waals surface area contributed by atoms with E-state index in [4.69, 9.17) is 5.11 Å². The molecule has 0 bridgehead atoms. The molecule has 3 nitrogen and oxygen atoms in total. The number of rotatable bonds is 4. The average molecular weight is 339 g/mol. The summed E-state index contributed by atoms with van der Waals surface area (Å²) in [6.07, 6.45) is 0. The number of halogens is 2. The largest absolute Gasteiger partial charge is 0.506 e. The van der Waals surface area contributed by atoms with Gasteiger partial charge in [-0.3, -0.25) is 0 Å². The summed E-state index contributed by atoms with van der Waals surface area (Å²) < 4.78 is 1.56. The van der Waals surface area contributed by atoms with E-state index in [0.717, 1.165) is 10.0 Å². The molecule has 0 aliphatic carbocycles. The number of nitrogens with one attached hydrogen (secondary N) is 1. The van der Waals surface area contributed by atoms with Gasteiger partial charge in [0.2, 0.25) is 0 Å². The van der Waals surface area contributed by atoms with E-state index >= 15 is 0 Å². The van der Waals surface area contributed by atoms with Crippen LogP contribution in [0.2, 0.25) is 0 Å². The van der Waals surface area contributed by atoms with Crippen LogP contribution in [0.15, 0.2) is 21.1 Å². The van der Waals surface area contributed by atoms with E-state index in [-0.39, 0.29) is 18.4 Å². The van der Waals surface area contributed by atoms with Crippen LogP contribution in [0.4, 0.5) is 0 Å². The summed E-state index contributed by atoms with van der Waals surface area (Å²) in [6.45, 7) is 2.48. The Hall–Kier alpha value is -0.100. The Morgan fingerprint density at radius 2 is 2.07 bits per heavy atom. The molecule has 0 saturated heterocycles. The SMILES string of the molecule is C[C@H](CO)NCc1cc(Br)cc(Br)c1O. The summed E-state index contributed by atoms with van der Waals surface area (Å²) >= 11 is 6.62.